The van der Waals surface area contributed by atoms with Crippen LogP contribution in [0.5, 0.6) is 0 Å². The van der Waals surface area contributed by atoms with Crippen LogP contribution in [-0.2, 0) is 6.54 Å². The molecule has 6 nitrogen and oxygen atoms in total. The minimum atomic E-state index is -0.0455. The molecule has 4 heterocycles. The van der Waals surface area contributed by atoms with E-state index in [0.29, 0.717) is 29.1 Å². The van der Waals surface area contributed by atoms with E-state index in [-0.39, 0.29) is 12.1 Å². The van der Waals surface area contributed by atoms with Crippen LogP contribution in [0.25, 0.3) is 11.1 Å². The van der Waals surface area contributed by atoms with Crippen molar-refractivity contribution in [3.05, 3.63) is 29.7 Å². The van der Waals surface area contributed by atoms with Crippen LogP contribution in [0.15, 0.2) is 22.6 Å². The van der Waals surface area contributed by atoms with Crippen LogP contribution in [0.4, 0.5) is 0 Å². The first-order valence-electron chi connectivity index (χ1n) is 9.83. The summed E-state index contributed by atoms with van der Waals surface area (Å²) in [5.74, 6) is 1.38. The Morgan fingerprint density at radius 3 is 2.73 bits per heavy atom. The molecular formula is C20H28N4O2. The normalized spacial score (nSPS) is 25.1. The Morgan fingerprint density at radius 1 is 1.31 bits per heavy atom. The lowest BCUT2D eigenvalue weighted by Crippen LogP contribution is -2.56. The average Bonchev–Trinajstić information content (AvgIpc) is 3.09. The molecule has 6 heteroatoms. The van der Waals surface area contributed by atoms with Crippen molar-refractivity contribution in [2.45, 2.75) is 45.8 Å². The van der Waals surface area contributed by atoms with Gasteiger partial charge in [-0.05, 0) is 50.4 Å². The third-order valence-electron chi connectivity index (χ3n) is 5.91. The zero-order chi connectivity index (χ0) is 18.1. The zero-order valence-electron chi connectivity index (χ0n) is 15.7. The molecule has 140 valence electrons. The summed E-state index contributed by atoms with van der Waals surface area (Å²) in [4.78, 5) is 22.2. The van der Waals surface area contributed by atoms with Gasteiger partial charge in [-0.3, -0.25) is 14.6 Å². The Balaban J connectivity index is 1.54. The highest BCUT2D eigenvalue weighted by Gasteiger charge is 2.34. The fourth-order valence-corrected chi connectivity index (χ4v) is 4.23. The maximum absolute atomic E-state index is 12.9. The van der Waals surface area contributed by atoms with Crippen LogP contribution in [0.2, 0.25) is 0 Å². The minimum Gasteiger partial charge on any atom is -0.439 e. The van der Waals surface area contributed by atoms with E-state index in [9.17, 15) is 4.79 Å². The fourth-order valence-electron chi connectivity index (χ4n) is 4.23. The molecule has 1 atom stereocenters. The Kier molecular flexibility index (Phi) is 4.96. The summed E-state index contributed by atoms with van der Waals surface area (Å²) in [5, 5.41) is 3.23. The minimum absolute atomic E-state index is 0.0455. The second kappa shape index (κ2) is 7.37. The molecule has 2 aromatic rings. The maximum Gasteiger partial charge on any atom is 0.254 e. The van der Waals surface area contributed by atoms with Gasteiger partial charge in [0, 0.05) is 13.1 Å². The first kappa shape index (κ1) is 17.5. The van der Waals surface area contributed by atoms with Gasteiger partial charge in [-0.1, -0.05) is 19.9 Å². The van der Waals surface area contributed by atoms with E-state index in [1.54, 1.807) is 0 Å². The number of piperidine rings is 3. The van der Waals surface area contributed by atoms with Crippen molar-refractivity contribution in [3.8, 4) is 0 Å². The summed E-state index contributed by atoms with van der Waals surface area (Å²) in [6.45, 7) is 9.00. The summed E-state index contributed by atoms with van der Waals surface area (Å²) in [7, 11) is 0. The zero-order valence-corrected chi connectivity index (χ0v) is 15.7. The van der Waals surface area contributed by atoms with Crippen LogP contribution < -0.4 is 5.32 Å². The molecule has 0 unspecified atom stereocenters. The Hall–Kier alpha value is -1.92. The summed E-state index contributed by atoms with van der Waals surface area (Å²) in [6, 6.07) is 5.60. The molecule has 0 radical (unpaired) electrons. The topological polar surface area (TPSA) is 61.6 Å². The lowest BCUT2D eigenvalue weighted by molar-refractivity contribution is 0.0295. The van der Waals surface area contributed by atoms with Crippen molar-refractivity contribution in [1.82, 2.24) is 20.1 Å². The maximum atomic E-state index is 12.9. The molecule has 0 spiro atoms. The van der Waals surface area contributed by atoms with Crippen LogP contribution in [0.3, 0.4) is 0 Å². The van der Waals surface area contributed by atoms with E-state index in [0.717, 1.165) is 38.5 Å². The number of nitrogens with one attached hydrogen (secondary N) is 1. The van der Waals surface area contributed by atoms with E-state index < -0.39 is 0 Å². The van der Waals surface area contributed by atoms with E-state index in [2.05, 4.69) is 33.9 Å². The molecule has 1 aromatic carbocycles. The van der Waals surface area contributed by atoms with Gasteiger partial charge in [-0.2, -0.15) is 0 Å². The number of para-hydroxylation sites is 1. The van der Waals surface area contributed by atoms with Crippen LogP contribution in [0.1, 0.15) is 49.4 Å². The molecule has 1 amide bonds. The van der Waals surface area contributed by atoms with E-state index in [1.807, 2.05) is 18.2 Å². The number of oxazole rings is 1. The number of hydrogen-bond donors (Lipinski definition) is 1. The molecule has 1 N–H and O–H groups in total. The van der Waals surface area contributed by atoms with Gasteiger partial charge in [0.05, 0.1) is 18.3 Å². The molecule has 1 aromatic heterocycles. The molecule has 26 heavy (non-hydrogen) atoms. The predicted octanol–water partition coefficient (Wildman–Crippen LogP) is 2.84. The predicted molar refractivity (Wildman–Crippen MR) is 101 cm³/mol. The van der Waals surface area contributed by atoms with Gasteiger partial charge in [0.1, 0.15) is 5.52 Å². The highest BCUT2D eigenvalue weighted by molar-refractivity contribution is 6.04. The first-order valence-corrected chi connectivity index (χ1v) is 9.83. The SMILES string of the molecule is CCN(CC)Cc1nc2c(C(=O)N[C@@H]3CC4CCN3CC4)cccc2o1. The van der Waals surface area contributed by atoms with Crippen molar-refractivity contribution >= 4 is 17.0 Å². The van der Waals surface area contributed by atoms with Crippen molar-refractivity contribution in [3.63, 3.8) is 0 Å². The molecule has 3 saturated heterocycles. The van der Waals surface area contributed by atoms with Gasteiger partial charge < -0.3 is 9.73 Å². The summed E-state index contributed by atoms with van der Waals surface area (Å²) < 4.78 is 5.89. The highest BCUT2D eigenvalue weighted by Crippen LogP contribution is 2.31. The molecule has 2 bridgehead atoms. The lowest BCUT2D eigenvalue weighted by Gasteiger charge is -2.45. The van der Waals surface area contributed by atoms with Gasteiger partial charge in [0.25, 0.3) is 5.91 Å². The third kappa shape index (κ3) is 3.35. The monoisotopic (exact) mass is 356 g/mol. The standard InChI is InChI=1S/C20H28N4O2/c1-3-23(4-2)13-18-22-19-15(6-5-7-16(19)26-18)20(25)21-17-12-14-8-10-24(17)11-9-14/h5-7,14,17H,3-4,8-13H2,1-2H3,(H,21,25)/t17-/m0/s1. The van der Waals surface area contributed by atoms with Crippen LogP contribution in [-0.4, -0.2) is 53.0 Å². The van der Waals surface area contributed by atoms with Gasteiger partial charge in [0.2, 0.25) is 5.89 Å². The van der Waals surface area contributed by atoms with Crippen molar-refractivity contribution < 1.29 is 9.21 Å². The van der Waals surface area contributed by atoms with E-state index >= 15 is 0 Å². The largest absolute Gasteiger partial charge is 0.439 e. The van der Waals surface area contributed by atoms with Gasteiger partial charge in [-0.25, -0.2) is 4.98 Å². The number of aromatic nitrogens is 1. The van der Waals surface area contributed by atoms with Crippen molar-refractivity contribution in [1.29, 1.82) is 0 Å². The summed E-state index contributed by atoms with van der Waals surface area (Å²) in [5.41, 5.74) is 1.97. The highest BCUT2D eigenvalue weighted by atomic mass is 16.3. The van der Waals surface area contributed by atoms with Gasteiger partial charge in [0.15, 0.2) is 5.58 Å². The molecule has 0 saturated carbocycles. The van der Waals surface area contributed by atoms with Crippen LogP contribution in [0, 0.1) is 5.92 Å². The molecule has 3 aliphatic rings. The van der Waals surface area contributed by atoms with E-state index in [4.69, 9.17) is 4.42 Å². The summed E-state index contributed by atoms with van der Waals surface area (Å²) >= 11 is 0. The fraction of sp³-hybridized carbons (Fsp3) is 0.600. The number of amides is 1. The first-order chi connectivity index (χ1) is 12.7. The number of benzene rings is 1. The molecule has 0 aliphatic carbocycles. The van der Waals surface area contributed by atoms with E-state index in [1.165, 1.54) is 12.8 Å². The molecular weight excluding hydrogens is 328 g/mol. The number of fused-ring (bicyclic) bond motifs is 4. The van der Waals surface area contributed by atoms with Crippen molar-refractivity contribution in [2.24, 2.45) is 5.92 Å². The van der Waals surface area contributed by atoms with Gasteiger partial charge >= 0.3 is 0 Å². The Bertz CT molecular complexity index is 775. The van der Waals surface area contributed by atoms with Crippen LogP contribution >= 0.6 is 0 Å². The number of nitrogens with zero attached hydrogens (tertiary/aromatic N) is 3. The smallest absolute Gasteiger partial charge is 0.254 e. The number of rotatable bonds is 6. The van der Waals surface area contributed by atoms with Crippen molar-refractivity contribution in [2.75, 3.05) is 26.2 Å². The Morgan fingerprint density at radius 2 is 2.08 bits per heavy atom. The average molecular weight is 356 g/mol. The number of hydrogen-bond acceptors (Lipinski definition) is 5. The second-order valence-corrected chi connectivity index (χ2v) is 7.43. The lowest BCUT2D eigenvalue weighted by atomic mass is 9.86. The third-order valence-corrected chi connectivity index (χ3v) is 5.91. The molecule has 3 aliphatic heterocycles. The molecule has 3 fully saturated rings. The summed E-state index contributed by atoms with van der Waals surface area (Å²) in [6.07, 6.45) is 3.75. The molecule has 5 rings (SSSR count). The second-order valence-electron chi connectivity index (χ2n) is 7.43. The quantitative estimate of drug-likeness (QED) is 0.862. The number of carbonyl (C=O) groups is 1. The number of carbonyl (C=O) groups excluding carboxylic acids is 1. The Labute approximate surface area is 154 Å². The van der Waals surface area contributed by atoms with Gasteiger partial charge in [-0.15, -0.1) is 0 Å².